The van der Waals surface area contributed by atoms with Crippen LogP contribution in [-0.4, -0.2) is 60.4 Å². The molecule has 1 fully saturated rings. The molecule has 1 aromatic rings. The Labute approximate surface area is 117 Å². The monoisotopic (exact) mass is 307 g/mol. The summed E-state index contributed by atoms with van der Waals surface area (Å²) in [6, 6.07) is 0. The highest BCUT2D eigenvalue weighted by Gasteiger charge is 2.45. The summed E-state index contributed by atoms with van der Waals surface area (Å²) in [4.78, 5) is 1.98. The first kappa shape index (κ1) is 14.8. The Hall–Kier alpha value is -0.630. The fourth-order valence-corrected chi connectivity index (χ4v) is 4.43. The van der Waals surface area contributed by atoms with E-state index in [0.717, 1.165) is 6.54 Å². The van der Waals surface area contributed by atoms with Crippen molar-refractivity contribution < 1.29 is 13.5 Å². The largest absolute Gasteiger partial charge is 0.382 e. The van der Waals surface area contributed by atoms with E-state index in [1.54, 1.807) is 4.68 Å². The molecule has 8 heteroatoms. The molecule has 0 amide bonds. The zero-order valence-electron chi connectivity index (χ0n) is 11.0. The van der Waals surface area contributed by atoms with E-state index in [-0.39, 0.29) is 17.9 Å². The molecule has 1 atom stereocenters. The van der Waals surface area contributed by atoms with Gasteiger partial charge in [-0.25, -0.2) is 8.42 Å². The number of likely N-dealkylation sites (N-methyl/N-ethyl adjacent to an activating group) is 1. The molecule has 1 aromatic heterocycles. The van der Waals surface area contributed by atoms with Crippen LogP contribution < -0.4 is 0 Å². The van der Waals surface area contributed by atoms with E-state index >= 15 is 0 Å². The van der Waals surface area contributed by atoms with Gasteiger partial charge in [0, 0.05) is 6.54 Å². The molecule has 1 N–H and O–H groups in total. The Morgan fingerprint density at radius 1 is 1.58 bits per heavy atom. The van der Waals surface area contributed by atoms with Gasteiger partial charge in [0.1, 0.15) is 5.60 Å². The van der Waals surface area contributed by atoms with Gasteiger partial charge in [-0.1, -0.05) is 11.6 Å². The number of nitrogens with zero attached hydrogens (tertiary/aromatic N) is 3. The second kappa shape index (κ2) is 5.05. The van der Waals surface area contributed by atoms with E-state index in [0.29, 0.717) is 17.3 Å². The third kappa shape index (κ3) is 3.10. The van der Waals surface area contributed by atoms with Crippen LogP contribution in [0.25, 0.3) is 0 Å². The van der Waals surface area contributed by atoms with E-state index in [4.69, 9.17) is 11.6 Å². The first-order valence-corrected chi connectivity index (χ1v) is 8.23. The summed E-state index contributed by atoms with van der Waals surface area (Å²) >= 11 is 6.07. The quantitative estimate of drug-likeness (QED) is 0.854. The highest BCUT2D eigenvalue weighted by Crippen LogP contribution is 2.37. The predicted octanol–water partition coefficient (Wildman–Crippen LogP) is 0.104. The van der Waals surface area contributed by atoms with Gasteiger partial charge in [0.15, 0.2) is 9.84 Å². The van der Waals surface area contributed by atoms with Crippen molar-refractivity contribution in [3.05, 3.63) is 16.9 Å². The Bertz CT molecular complexity index is 570. The van der Waals surface area contributed by atoms with Crippen molar-refractivity contribution in [1.29, 1.82) is 0 Å². The van der Waals surface area contributed by atoms with Crippen molar-refractivity contribution in [3.8, 4) is 0 Å². The van der Waals surface area contributed by atoms with E-state index in [1.165, 1.54) is 6.20 Å². The molecule has 1 saturated heterocycles. The Kier molecular flexibility index (Phi) is 3.92. The van der Waals surface area contributed by atoms with Crippen LogP contribution in [0.5, 0.6) is 0 Å². The number of hydrogen-bond donors (Lipinski definition) is 1. The second-order valence-electron chi connectivity index (χ2n) is 5.24. The SMILES string of the molecule is CN(C)CCn1ncc(Cl)c1C1(O)CCS(=O)(=O)C1. The minimum absolute atomic E-state index is 0.0152. The Morgan fingerprint density at radius 2 is 2.26 bits per heavy atom. The second-order valence-corrected chi connectivity index (χ2v) is 7.83. The molecule has 1 aliphatic rings. The molecule has 6 nitrogen and oxygen atoms in total. The summed E-state index contributed by atoms with van der Waals surface area (Å²) in [6.45, 7) is 1.28. The van der Waals surface area contributed by atoms with Gasteiger partial charge in [0.25, 0.3) is 0 Å². The minimum atomic E-state index is -3.20. The summed E-state index contributed by atoms with van der Waals surface area (Å²) in [5.41, 5.74) is -1.00. The number of hydrogen-bond acceptors (Lipinski definition) is 5. The summed E-state index contributed by atoms with van der Waals surface area (Å²) in [5.74, 6) is -0.300. The zero-order valence-corrected chi connectivity index (χ0v) is 12.6. The molecule has 2 rings (SSSR count). The van der Waals surface area contributed by atoms with Crippen LogP contribution in [0.4, 0.5) is 0 Å². The average molecular weight is 308 g/mol. The smallest absolute Gasteiger partial charge is 0.153 e. The van der Waals surface area contributed by atoms with Gasteiger partial charge >= 0.3 is 0 Å². The van der Waals surface area contributed by atoms with Gasteiger partial charge in [0.05, 0.1) is 35.0 Å². The first-order chi connectivity index (χ1) is 8.73. The summed E-state index contributed by atoms with van der Waals surface area (Å²) in [7, 11) is 0.655. The fraction of sp³-hybridized carbons (Fsp3) is 0.727. The number of halogens is 1. The van der Waals surface area contributed by atoms with Crippen LogP contribution >= 0.6 is 11.6 Å². The Morgan fingerprint density at radius 3 is 2.79 bits per heavy atom. The molecule has 1 unspecified atom stereocenters. The lowest BCUT2D eigenvalue weighted by molar-refractivity contribution is 0.0550. The van der Waals surface area contributed by atoms with Gasteiger partial charge < -0.3 is 10.0 Å². The van der Waals surface area contributed by atoms with Gasteiger partial charge in [0.2, 0.25) is 0 Å². The maximum absolute atomic E-state index is 11.6. The number of aliphatic hydroxyl groups is 1. The molecular formula is C11H18ClN3O3S. The molecule has 0 spiro atoms. The van der Waals surface area contributed by atoms with E-state index in [2.05, 4.69) is 5.10 Å². The van der Waals surface area contributed by atoms with E-state index in [9.17, 15) is 13.5 Å². The lowest BCUT2D eigenvalue weighted by Crippen LogP contribution is -2.32. The molecule has 108 valence electrons. The zero-order chi connectivity index (χ0) is 14.3. The molecule has 0 radical (unpaired) electrons. The standard InChI is InChI=1S/C11H18ClN3O3S/c1-14(2)4-5-15-10(9(12)7-13-15)11(16)3-6-19(17,18)8-11/h7,16H,3-6,8H2,1-2H3. The lowest BCUT2D eigenvalue weighted by atomic mass is 9.99. The van der Waals surface area contributed by atoms with E-state index in [1.807, 2.05) is 19.0 Å². The van der Waals surface area contributed by atoms with Crippen LogP contribution in [0.15, 0.2) is 6.20 Å². The summed E-state index contributed by atoms with van der Waals surface area (Å²) in [5, 5.41) is 15.0. The normalized spacial score (nSPS) is 26.2. The van der Waals surface area contributed by atoms with Crippen LogP contribution in [0.1, 0.15) is 12.1 Å². The molecule has 0 aromatic carbocycles. The van der Waals surface area contributed by atoms with Gasteiger partial charge in [-0.15, -0.1) is 0 Å². The lowest BCUT2D eigenvalue weighted by Gasteiger charge is -2.23. The number of sulfone groups is 1. The van der Waals surface area contributed by atoms with Crippen LogP contribution in [0.3, 0.4) is 0 Å². The van der Waals surface area contributed by atoms with Crippen molar-refractivity contribution in [1.82, 2.24) is 14.7 Å². The molecule has 2 heterocycles. The maximum atomic E-state index is 11.6. The fourth-order valence-electron chi connectivity index (χ4n) is 2.31. The van der Waals surface area contributed by atoms with Gasteiger partial charge in [-0.3, -0.25) is 4.68 Å². The molecule has 0 saturated carbocycles. The number of aromatic nitrogens is 2. The minimum Gasteiger partial charge on any atom is -0.382 e. The molecule has 19 heavy (non-hydrogen) atoms. The van der Waals surface area contributed by atoms with Crippen LogP contribution in [0, 0.1) is 0 Å². The van der Waals surface area contributed by atoms with Crippen molar-refractivity contribution in [2.45, 2.75) is 18.6 Å². The molecule has 1 aliphatic heterocycles. The topological polar surface area (TPSA) is 75.4 Å². The maximum Gasteiger partial charge on any atom is 0.153 e. The summed E-state index contributed by atoms with van der Waals surface area (Å²) in [6.07, 6.45) is 1.62. The van der Waals surface area contributed by atoms with Crippen molar-refractivity contribution in [3.63, 3.8) is 0 Å². The highest BCUT2D eigenvalue weighted by molar-refractivity contribution is 7.91. The highest BCUT2D eigenvalue weighted by atomic mass is 35.5. The van der Waals surface area contributed by atoms with E-state index < -0.39 is 15.4 Å². The average Bonchev–Trinajstić information content (AvgIpc) is 2.77. The molecule has 0 bridgehead atoms. The first-order valence-electron chi connectivity index (χ1n) is 6.03. The van der Waals surface area contributed by atoms with Gasteiger partial charge in [-0.2, -0.15) is 5.10 Å². The third-order valence-corrected chi connectivity index (χ3v) is 5.30. The van der Waals surface area contributed by atoms with Crippen molar-refractivity contribution in [2.75, 3.05) is 32.1 Å². The molecular weight excluding hydrogens is 290 g/mol. The predicted molar refractivity (Wildman–Crippen MR) is 73.0 cm³/mol. The van der Waals surface area contributed by atoms with Crippen molar-refractivity contribution >= 4 is 21.4 Å². The molecule has 0 aliphatic carbocycles. The van der Waals surface area contributed by atoms with Gasteiger partial charge in [-0.05, 0) is 20.5 Å². The van der Waals surface area contributed by atoms with Crippen molar-refractivity contribution in [2.24, 2.45) is 0 Å². The van der Waals surface area contributed by atoms with Crippen LogP contribution in [0.2, 0.25) is 5.02 Å². The number of rotatable bonds is 4. The Balaban J connectivity index is 2.31. The summed E-state index contributed by atoms with van der Waals surface area (Å²) < 4.78 is 24.8. The third-order valence-electron chi connectivity index (χ3n) is 3.28. The van der Waals surface area contributed by atoms with Crippen LogP contribution in [-0.2, 0) is 22.0 Å².